The number of anilines is 1. The second kappa shape index (κ2) is 6.12. The van der Waals surface area contributed by atoms with Crippen molar-refractivity contribution in [2.75, 3.05) is 11.4 Å². The standard InChI is InChI=1S/C14H18N4/c1-2-18(11-13-5-3-4-7-17-13)14-6-8-16-10-12(14)9-15/h3-8,10H,2,9,11,15H2,1H3. The van der Waals surface area contributed by atoms with E-state index in [1.807, 2.05) is 36.7 Å². The van der Waals surface area contributed by atoms with Crippen LogP contribution in [0.15, 0.2) is 42.9 Å². The monoisotopic (exact) mass is 242 g/mol. The van der Waals surface area contributed by atoms with Crippen molar-refractivity contribution >= 4 is 5.69 Å². The second-order valence-corrected chi connectivity index (χ2v) is 4.04. The van der Waals surface area contributed by atoms with E-state index in [4.69, 9.17) is 5.73 Å². The molecule has 0 spiro atoms. The summed E-state index contributed by atoms with van der Waals surface area (Å²) in [5.74, 6) is 0. The van der Waals surface area contributed by atoms with Crippen LogP contribution in [0.2, 0.25) is 0 Å². The van der Waals surface area contributed by atoms with Crippen molar-refractivity contribution < 1.29 is 0 Å². The van der Waals surface area contributed by atoms with Gasteiger partial charge >= 0.3 is 0 Å². The van der Waals surface area contributed by atoms with E-state index in [1.54, 1.807) is 6.20 Å². The van der Waals surface area contributed by atoms with E-state index in [-0.39, 0.29) is 0 Å². The number of pyridine rings is 2. The molecule has 2 heterocycles. The van der Waals surface area contributed by atoms with E-state index in [9.17, 15) is 0 Å². The normalized spacial score (nSPS) is 10.3. The average Bonchev–Trinajstić information content (AvgIpc) is 2.46. The predicted octanol–water partition coefficient (Wildman–Crippen LogP) is 1.96. The van der Waals surface area contributed by atoms with Gasteiger partial charge in [-0.05, 0) is 25.1 Å². The molecule has 2 aromatic heterocycles. The molecule has 0 saturated carbocycles. The zero-order valence-corrected chi connectivity index (χ0v) is 10.6. The van der Waals surface area contributed by atoms with Gasteiger partial charge in [-0.25, -0.2) is 0 Å². The first kappa shape index (κ1) is 12.5. The highest BCUT2D eigenvalue weighted by molar-refractivity contribution is 5.52. The minimum atomic E-state index is 0.502. The molecule has 0 saturated heterocycles. The van der Waals surface area contributed by atoms with Crippen molar-refractivity contribution in [3.8, 4) is 0 Å². The summed E-state index contributed by atoms with van der Waals surface area (Å²) >= 11 is 0. The van der Waals surface area contributed by atoms with E-state index in [0.717, 1.165) is 30.0 Å². The molecule has 4 heteroatoms. The average molecular weight is 242 g/mol. The van der Waals surface area contributed by atoms with E-state index < -0.39 is 0 Å². The molecule has 0 aliphatic carbocycles. The molecule has 0 radical (unpaired) electrons. The summed E-state index contributed by atoms with van der Waals surface area (Å²) in [5.41, 5.74) is 9.01. The largest absolute Gasteiger partial charge is 0.366 e. The van der Waals surface area contributed by atoms with Gasteiger partial charge in [0, 0.05) is 42.9 Å². The van der Waals surface area contributed by atoms with Crippen LogP contribution < -0.4 is 10.6 Å². The van der Waals surface area contributed by atoms with Gasteiger partial charge in [0.15, 0.2) is 0 Å². The minimum absolute atomic E-state index is 0.502. The number of hydrogen-bond acceptors (Lipinski definition) is 4. The highest BCUT2D eigenvalue weighted by Crippen LogP contribution is 2.20. The van der Waals surface area contributed by atoms with Crippen LogP contribution in [0.5, 0.6) is 0 Å². The Bertz CT molecular complexity index is 484. The van der Waals surface area contributed by atoms with Crippen LogP contribution in [0.4, 0.5) is 5.69 Å². The van der Waals surface area contributed by atoms with Crippen LogP contribution in [0.25, 0.3) is 0 Å². The third-order valence-corrected chi connectivity index (χ3v) is 2.90. The maximum absolute atomic E-state index is 5.75. The Balaban J connectivity index is 2.23. The van der Waals surface area contributed by atoms with Crippen LogP contribution >= 0.6 is 0 Å². The van der Waals surface area contributed by atoms with Gasteiger partial charge in [-0.1, -0.05) is 6.07 Å². The van der Waals surface area contributed by atoms with Gasteiger partial charge in [-0.2, -0.15) is 0 Å². The number of nitrogens with zero attached hydrogens (tertiary/aromatic N) is 3. The van der Waals surface area contributed by atoms with Gasteiger partial charge in [0.05, 0.1) is 12.2 Å². The summed E-state index contributed by atoms with van der Waals surface area (Å²) in [7, 11) is 0. The van der Waals surface area contributed by atoms with Crippen molar-refractivity contribution in [3.63, 3.8) is 0 Å². The molecule has 2 aromatic rings. The summed E-state index contributed by atoms with van der Waals surface area (Å²) in [4.78, 5) is 10.7. The highest BCUT2D eigenvalue weighted by Gasteiger charge is 2.09. The third kappa shape index (κ3) is 2.84. The van der Waals surface area contributed by atoms with Gasteiger partial charge < -0.3 is 10.6 Å². The topological polar surface area (TPSA) is 55.0 Å². The smallest absolute Gasteiger partial charge is 0.0602 e. The maximum Gasteiger partial charge on any atom is 0.0602 e. The molecule has 2 N–H and O–H groups in total. The fourth-order valence-electron chi connectivity index (χ4n) is 1.94. The van der Waals surface area contributed by atoms with Gasteiger partial charge in [0.25, 0.3) is 0 Å². The molecule has 18 heavy (non-hydrogen) atoms. The van der Waals surface area contributed by atoms with E-state index in [2.05, 4.69) is 21.8 Å². The minimum Gasteiger partial charge on any atom is -0.366 e. The molecule has 0 bridgehead atoms. The molecule has 0 amide bonds. The number of rotatable bonds is 5. The molecule has 94 valence electrons. The molecule has 0 atom stereocenters. The molecule has 0 fully saturated rings. The fraction of sp³-hybridized carbons (Fsp3) is 0.286. The molecular formula is C14H18N4. The maximum atomic E-state index is 5.75. The lowest BCUT2D eigenvalue weighted by atomic mass is 10.2. The summed E-state index contributed by atoms with van der Waals surface area (Å²) in [6, 6.07) is 7.98. The van der Waals surface area contributed by atoms with E-state index >= 15 is 0 Å². The van der Waals surface area contributed by atoms with Crippen LogP contribution in [-0.2, 0) is 13.1 Å². The highest BCUT2D eigenvalue weighted by atomic mass is 15.1. The van der Waals surface area contributed by atoms with Gasteiger partial charge in [-0.15, -0.1) is 0 Å². The quantitative estimate of drug-likeness (QED) is 0.870. The number of nitrogens with two attached hydrogens (primary N) is 1. The lowest BCUT2D eigenvalue weighted by molar-refractivity contribution is 0.799. The predicted molar refractivity (Wildman–Crippen MR) is 73.1 cm³/mol. The number of aromatic nitrogens is 2. The zero-order valence-electron chi connectivity index (χ0n) is 10.6. The van der Waals surface area contributed by atoms with Gasteiger partial charge in [0.2, 0.25) is 0 Å². The van der Waals surface area contributed by atoms with Crippen LogP contribution in [0.1, 0.15) is 18.2 Å². The summed E-state index contributed by atoms with van der Waals surface area (Å²) in [5, 5.41) is 0. The van der Waals surface area contributed by atoms with Gasteiger partial charge in [0.1, 0.15) is 0 Å². The van der Waals surface area contributed by atoms with E-state index in [0.29, 0.717) is 6.54 Å². The third-order valence-electron chi connectivity index (χ3n) is 2.90. The first-order chi connectivity index (χ1) is 8.85. The van der Waals surface area contributed by atoms with Crippen LogP contribution in [0.3, 0.4) is 0 Å². The Morgan fingerprint density at radius 3 is 2.78 bits per heavy atom. The number of hydrogen-bond donors (Lipinski definition) is 1. The van der Waals surface area contributed by atoms with Crippen molar-refractivity contribution in [2.24, 2.45) is 5.73 Å². The molecule has 0 unspecified atom stereocenters. The fourth-order valence-corrected chi connectivity index (χ4v) is 1.94. The van der Waals surface area contributed by atoms with Crippen LogP contribution in [0, 0.1) is 0 Å². The molecule has 2 rings (SSSR count). The Morgan fingerprint density at radius 1 is 1.22 bits per heavy atom. The Morgan fingerprint density at radius 2 is 2.11 bits per heavy atom. The Labute approximate surface area is 107 Å². The van der Waals surface area contributed by atoms with Crippen molar-refractivity contribution in [2.45, 2.75) is 20.0 Å². The zero-order chi connectivity index (χ0) is 12.8. The second-order valence-electron chi connectivity index (χ2n) is 4.04. The van der Waals surface area contributed by atoms with Gasteiger partial charge in [-0.3, -0.25) is 9.97 Å². The molecule has 0 aromatic carbocycles. The summed E-state index contributed by atoms with van der Waals surface area (Å²) in [6.45, 7) is 4.33. The molecule has 4 nitrogen and oxygen atoms in total. The Hall–Kier alpha value is -1.94. The van der Waals surface area contributed by atoms with Crippen LogP contribution in [-0.4, -0.2) is 16.5 Å². The Kier molecular flexibility index (Phi) is 4.25. The molecule has 0 aliphatic heterocycles. The summed E-state index contributed by atoms with van der Waals surface area (Å²) in [6.07, 6.45) is 5.45. The van der Waals surface area contributed by atoms with Crippen molar-refractivity contribution in [1.82, 2.24) is 9.97 Å². The molecular weight excluding hydrogens is 224 g/mol. The van der Waals surface area contributed by atoms with E-state index in [1.165, 1.54) is 0 Å². The first-order valence-corrected chi connectivity index (χ1v) is 6.13. The first-order valence-electron chi connectivity index (χ1n) is 6.13. The lowest BCUT2D eigenvalue weighted by Gasteiger charge is -2.24. The molecule has 0 aliphatic rings. The lowest BCUT2D eigenvalue weighted by Crippen LogP contribution is -2.24. The SMILES string of the molecule is CCN(Cc1ccccn1)c1ccncc1CN. The summed E-state index contributed by atoms with van der Waals surface area (Å²) < 4.78 is 0. The van der Waals surface area contributed by atoms with Crippen molar-refractivity contribution in [1.29, 1.82) is 0 Å². The van der Waals surface area contributed by atoms with Crippen molar-refractivity contribution in [3.05, 3.63) is 54.1 Å².